The summed E-state index contributed by atoms with van der Waals surface area (Å²) in [5.41, 5.74) is 1.97. The number of nitrogens with zero attached hydrogens (tertiary/aromatic N) is 2. The Morgan fingerprint density at radius 2 is 1.95 bits per heavy atom. The highest BCUT2D eigenvalue weighted by Gasteiger charge is 2.20. The van der Waals surface area contributed by atoms with Crippen LogP contribution in [0.1, 0.15) is 24.0 Å². The molecule has 1 fully saturated rings. The second-order valence-corrected chi connectivity index (χ2v) is 6.12. The minimum atomic E-state index is -0.100. The Hall–Kier alpha value is -0.970. The number of nitrogens with one attached hydrogen (secondary N) is 1. The van der Waals surface area contributed by atoms with Gasteiger partial charge in [-0.1, -0.05) is 12.1 Å². The van der Waals surface area contributed by atoms with E-state index in [1.807, 2.05) is 19.2 Å². The van der Waals surface area contributed by atoms with Gasteiger partial charge in [0.25, 0.3) is 0 Å². The van der Waals surface area contributed by atoms with Crippen LogP contribution in [0.25, 0.3) is 0 Å². The quantitative estimate of drug-likeness (QED) is 0.786. The molecule has 4 heteroatoms. The van der Waals surface area contributed by atoms with Gasteiger partial charge in [-0.3, -0.25) is 0 Å². The lowest BCUT2D eigenvalue weighted by Crippen LogP contribution is -2.28. The Balaban J connectivity index is 1.89. The van der Waals surface area contributed by atoms with Crippen LogP contribution in [0.15, 0.2) is 18.2 Å². The molecular formula is C16H26FN3. The topological polar surface area (TPSA) is 18.5 Å². The summed E-state index contributed by atoms with van der Waals surface area (Å²) >= 11 is 0. The average Bonchev–Trinajstić information content (AvgIpc) is 3.21. The molecule has 3 nitrogen and oxygen atoms in total. The first kappa shape index (κ1) is 15.4. The number of likely N-dealkylation sites (N-methyl/N-ethyl adjacent to an activating group) is 2. The molecule has 1 aromatic rings. The lowest BCUT2D eigenvalue weighted by molar-refractivity contribution is 0.273. The first-order valence-electron chi connectivity index (χ1n) is 7.38. The van der Waals surface area contributed by atoms with E-state index in [-0.39, 0.29) is 5.82 Å². The third-order valence-electron chi connectivity index (χ3n) is 3.65. The predicted molar refractivity (Wildman–Crippen MR) is 81.1 cm³/mol. The van der Waals surface area contributed by atoms with Crippen LogP contribution in [0.2, 0.25) is 0 Å². The second-order valence-electron chi connectivity index (χ2n) is 6.12. The molecule has 0 bridgehead atoms. The van der Waals surface area contributed by atoms with Crippen molar-refractivity contribution in [3.05, 3.63) is 35.1 Å². The van der Waals surface area contributed by atoms with Gasteiger partial charge in [-0.25, -0.2) is 4.39 Å². The van der Waals surface area contributed by atoms with Gasteiger partial charge in [-0.15, -0.1) is 0 Å². The highest BCUT2D eigenvalue weighted by atomic mass is 19.1. The number of benzene rings is 1. The van der Waals surface area contributed by atoms with Crippen molar-refractivity contribution in [3.8, 4) is 0 Å². The molecule has 0 unspecified atom stereocenters. The summed E-state index contributed by atoms with van der Waals surface area (Å²) in [7, 11) is 6.15. The number of hydrogen-bond donors (Lipinski definition) is 1. The van der Waals surface area contributed by atoms with Gasteiger partial charge >= 0.3 is 0 Å². The lowest BCUT2D eigenvalue weighted by Gasteiger charge is -2.20. The molecule has 112 valence electrons. The van der Waals surface area contributed by atoms with Crippen LogP contribution in [-0.4, -0.2) is 50.1 Å². The molecule has 1 saturated carbocycles. The van der Waals surface area contributed by atoms with Gasteiger partial charge in [0.15, 0.2) is 0 Å². The van der Waals surface area contributed by atoms with Gasteiger partial charge in [-0.05, 0) is 45.6 Å². The first-order chi connectivity index (χ1) is 9.54. The molecular weight excluding hydrogens is 253 g/mol. The fraction of sp³-hybridized carbons (Fsp3) is 0.625. The smallest absolute Gasteiger partial charge is 0.127 e. The fourth-order valence-corrected chi connectivity index (χ4v) is 2.15. The van der Waals surface area contributed by atoms with Crippen LogP contribution in [0, 0.1) is 5.82 Å². The molecule has 0 spiro atoms. The predicted octanol–water partition coefficient (Wildman–Crippen LogP) is 2.07. The van der Waals surface area contributed by atoms with Gasteiger partial charge in [0.1, 0.15) is 5.82 Å². The molecule has 0 saturated heterocycles. The molecule has 2 rings (SSSR count). The van der Waals surface area contributed by atoms with Crippen molar-refractivity contribution in [1.82, 2.24) is 15.1 Å². The van der Waals surface area contributed by atoms with E-state index in [2.05, 4.69) is 29.2 Å². The Morgan fingerprint density at radius 1 is 1.20 bits per heavy atom. The van der Waals surface area contributed by atoms with Crippen LogP contribution >= 0.6 is 0 Å². The van der Waals surface area contributed by atoms with E-state index in [4.69, 9.17) is 0 Å². The summed E-state index contributed by atoms with van der Waals surface area (Å²) < 4.78 is 13.9. The normalized spacial score (nSPS) is 15.3. The standard InChI is InChI=1S/C16H26FN3/c1-19(2)8-9-20(3)12-14-10-13(4-7-16(14)17)11-18-15-5-6-15/h4,7,10,15,18H,5-6,8-9,11-12H2,1-3H3. The van der Waals surface area contributed by atoms with E-state index in [0.717, 1.165) is 25.2 Å². The summed E-state index contributed by atoms with van der Waals surface area (Å²) in [6.45, 7) is 3.44. The Labute approximate surface area is 121 Å². The van der Waals surface area contributed by atoms with Crippen LogP contribution in [0.5, 0.6) is 0 Å². The van der Waals surface area contributed by atoms with E-state index in [1.54, 1.807) is 6.07 Å². The molecule has 0 radical (unpaired) electrons. The maximum absolute atomic E-state index is 13.9. The van der Waals surface area contributed by atoms with Gasteiger partial charge in [-0.2, -0.15) is 0 Å². The summed E-state index contributed by atoms with van der Waals surface area (Å²) in [5.74, 6) is -0.100. The zero-order valence-electron chi connectivity index (χ0n) is 12.8. The maximum atomic E-state index is 13.9. The fourth-order valence-electron chi connectivity index (χ4n) is 2.15. The number of rotatable bonds is 8. The molecule has 1 N–H and O–H groups in total. The molecule has 0 amide bonds. The first-order valence-corrected chi connectivity index (χ1v) is 7.38. The van der Waals surface area contributed by atoms with E-state index < -0.39 is 0 Å². The third kappa shape index (κ3) is 5.19. The molecule has 1 aliphatic rings. The minimum Gasteiger partial charge on any atom is -0.310 e. The van der Waals surface area contributed by atoms with Gasteiger partial charge in [0.2, 0.25) is 0 Å². The molecule has 0 aromatic heterocycles. The van der Waals surface area contributed by atoms with E-state index in [1.165, 1.54) is 18.4 Å². The lowest BCUT2D eigenvalue weighted by atomic mass is 10.1. The van der Waals surface area contributed by atoms with Crippen molar-refractivity contribution in [2.75, 3.05) is 34.2 Å². The summed E-state index contributed by atoms with van der Waals surface area (Å²) in [6.07, 6.45) is 2.56. The Kier molecular flexibility index (Phi) is 5.52. The summed E-state index contributed by atoms with van der Waals surface area (Å²) in [5, 5.41) is 3.47. The SMILES string of the molecule is CN(C)CCN(C)Cc1cc(CNC2CC2)ccc1F. The van der Waals surface area contributed by atoms with Crippen LogP contribution < -0.4 is 5.32 Å². The van der Waals surface area contributed by atoms with E-state index in [9.17, 15) is 4.39 Å². The maximum Gasteiger partial charge on any atom is 0.127 e. The van der Waals surface area contributed by atoms with Crippen LogP contribution in [-0.2, 0) is 13.1 Å². The van der Waals surface area contributed by atoms with Crippen molar-refractivity contribution >= 4 is 0 Å². The van der Waals surface area contributed by atoms with Gasteiger partial charge in [0.05, 0.1) is 0 Å². The van der Waals surface area contributed by atoms with Crippen molar-refractivity contribution in [1.29, 1.82) is 0 Å². The highest BCUT2D eigenvalue weighted by molar-refractivity contribution is 5.25. The Bertz CT molecular complexity index is 430. The summed E-state index contributed by atoms with van der Waals surface area (Å²) in [4.78, 5) is 4.30. The monoisotopic (exact) mass is 279 g/mol. The van der Waals surface area contributed by atoms with Crippen LogP contribution in [0.3, 0.4) is 0 Å². The van der Waals surface area contributed by atoms with Gasteiger partial charge < -0.3 is 15.1 Å². The van der Waals surface area contributed by atoms with Crippen molar-refractivity contribution in [3.63, 3.8) is 0 Å². The molecule has 1 aromatic carbocycles. The van der Waals surface area contributed by atoms with Gasteiger partial charge in [0, 0.05) is 37.8 Å². The third-order valence-corrected chi connectivity index (χ3v) is 3.65. The number of halogens is 1. The Morgan fingerprint density at radius 3 is 2.60 bits per heavy atom. The highest BCUT2D eigenvalue weighted by Crippen LogP contribution is 2.20. The average molecular weight is 279 g/mol. The minimum absolute atomic E-state index is 0.100. The molecule has 0 heterocycles. The zero-order chi connectivity index (χ0) is 14.5. The van der Waals surface area contributed by atoms with Crippen molar-refractivity contribution in [2.24, 2.45) is 0 Å². The zero-order valence-corrected chi connectivity index (χ0v) is 12.8. The van der Waals surface area contributed by atoms with Crippen molar-refractivity contribution in [2.45, 2.75) is 32.0 Å². The van der Waals surface area contributed by atoms with Crippen LogP contribution in [0.4, 0.5) is 4.39 Å². The molecule has 20 heavy (non-hydrogen) atoms. The number of hydrogen-bond acceptors (Lipinski definition) is 3. The second kappa shape index (κ2) is 7.16. The summed E-state index contributed by atoms with van der Waals surface area (Å²) in [6, 6.07) is 6.16. The molecule has 0 atom stereocenters. The molecule has 1 aliphatic carbocycles. The molecule has 0 aliphatic heterocycles. The van der Waals surface area contributed by atoms with E-state index >= 15 is 0 Å². The van der Waals surface area contributed by atoms with Crippen molar-refractivity contribution < 1.29 is 4.39 Å². The largest absolute Gasteiger partial charge is 0.310 e. The van der Waals surface area contributed by atoms with E-state index in [0.29, 0.717) is 12.6 Å².